The van der Waals surface area contributed by atoms with Crippen molar-refractivity contribution in [1.29, 1.82) is 0 Å². The lowest BCUT2D eigenvalue weighted by molar-refractivity contribution is 0.288. The Morgan fingerprint density at radius 3 is 2.36 bits per heavy atom. The fraction of sp³-hybridized carbons (Fsp3) is 0.194. The van der Waals surface area contributed by atoms with Crippen molar-refractivity contribution in [2.24, 2.45) is 0 Å². The van der Waals surface area contributed by atoms with E-state index in [4.69, 9.17) is 0 Å². The molecule has 2 aromatic heterocycles. The van der Waals surface area contributed by atoms with Gasteiger partial charge in [-0.15, -0.1) is 0 Å². The average molecular weight is 584 g/mol. The quantitative estimate of drug-likeness (QED) is 0.206. The van der Waals surface area contributed by atoms with E-state index in [1.165, 1.54) is 12.1 Å². The summed E-state index contributed by atoms with van der Waals surface area (Å²) in [7, 11) is -3.61. The largest absolute Gasteiger partial charge is 0.340 e. The molecule has 3 heterocycles. The minimum Gasteiger partial charge on any atom is -0.340 e. The Morgan fingerprint density at radius 2 is 1.57 bits per heavy atom. The molecule has 5 aromatic rings. The van der Waals surface area contributed by atoms with Crippen molar-refractivity contribution in [3.8, 4) is 0 Å². The molecule has 0 saturated carbocycles. The molecule has 1 aliphatic heterocycles. The van der Waals surface area contributed by atoms with Gasteiger partial charge < -0.3 is 16.0 Å². The molecule has 3 N–H and O–H groups in total. The summed E-state index contributed by atoms with van der Waals surface area (Å²) in [5.41, 5.74) is 3.47. The van der Waals surface area contributed by atoms with Crippen LogP contribution < -0.4 is 16.0 Å². The molecule has 0 amide bonds. The SMILES string of the molecule is O=S(=O)(c1ccc(Nc2nccc(Nc3ccc(F)cc3)n2)cc1)N1CCC(NCc2ccc3cccnc3c2)CC1. The highest BCUT2D eigenvalue weighted by Crippen LogP contribution is 2.24. The van der Waals surface area contributed by atoms with E-state index in [1.54, 1.807) is 59.2 Å². The Labute approximate surface area is 243 Å². The Balaban J connectivity index is 1.02. The number of sulfonamides is 1. The molecule has 0 unspecified atom stereocenters. The van der Waals surface area contributed by atoms with Gasteiger partial charge in [0.1, 0.15) is 11.6 Å². The third-order valence-electron chi connectivity index (χ3n) is 7.24. The summed E-state index contributed by atoms with van der Waals surface area (Å²) in [5.74, 6) is 0.557. The minimum atomic E-state index is -3.61. The Kier molecular flexibility index (Phi) is 8.04. The number of hydrogen-bond donors (Lipinski definition) is 3. The number of fused-ring (bicyclic) bond motifs is 1. The molecule has 42 heavy (non-hydrogen) atoms. The Hall–Kier alpha value is -4.45. The highest BCUT2D eigenvalue weighted by molar-refractivity contribution is 7.89. The molecule has 3 aromatic carbocycles. The van der Waals surface area contributed by atoms with E-state index in [0.29, 0.717) is 42.8 Å². The lowest BCUT2D eigenvalue weighted by Crippen LogP contribution is -2.44. The van der Waals surface area contributed by atoms with Crippen molar-refractivity contribution in [2.45, 2.75) is 30.3 Å². The molecule has 0 spiro atoms. The molecule has 0 aliphatic carbocycles. The van der Waals surface area contributed by atoms with Gasteiger partial charge in [0.05, 0.1) is 10.4 Å². The third kappa shape index (κ3) is 6.54. The number of benzene rings is 3. The van der Waals surface area contributed by atoms with Crippen molar-refractivity contribution >= 4 is 44.1 Å². The van der Waals surface area contributed by atoms with Gasteiger partial charge in [0.2, 0.25) is 16.0 Å². The normalized spacial score (nSPS) is 14.6. The molecular formula is C31H30FN7O2S. The highest BCUT2D eigenvalue weighted by atomic mass is 32.2. The average Bonchev–Trinajstić information content (AvgIpc) is 3.02. The number of anilines is 4. The van der Waals surface area contributed by atoms with Crippen molar-refractivity contribution in [3.63, 3.8) is 0 Å². The van der Waals surface area contributed by atoms with Crippen LogP contribution in [0.25, 0.3) is 10.9 Å². The molecule has 11 heteroatoms. The number of pyridine rings is 1. The summed E-state index contributed by atoms with van der Waals surface area (Å²) in [5, 5.41) is 10.9. The molecule has 1 saturated heterocycles. The standard InChI is InChI=1S/C31H30FN7O2S/c32-24-5-7-26(8-6-24)36-30-13-17-34-31(38-30)37-27-9-11-28(12-10-27)42(40,41)39-18-14-25(15-19-39)35-21-22-3-4-23-2-1-16-33-29(23)20-22/h1-13,16-17,20,25,35H,14-15,18-19,21H2,(H2,34,36,37,38). The number of rotatable bonds is 9. The van der Waals surface area contributed by atoms with Crippen LogP contribution in [0.4, 0.5) is 27.5 Å². The number of nitrogens with zero attached hydrogens (tertiary/aromatic N) is 4. The van der Waals surface area contributed by atoms with Crippen LogP contribution in [0, 0.1) is 5.82 Å². The van der Waals surface area contributed by atoms with Gasteiger partial charge >= 0.3 is 0 Å². The Bertz CT molecular complexity index is 1780. The van der Waals surface area contributed by atoms with Crippen molar-refractivity contribution in [2.75, 3.05) is 23.7 Å². The molecule has 0 bridgehead atoms. The number of piperidine rings is 1. The van der Waals surface area contributed by atoms with E-state index in [-0.39, 0.29) is 16.8 Å². The number of aromatic nitrogens is 3. The van der Waals surface area contributed by atoms with E-state index in [0.717, 1.165) is 29.3 Å². The van der Waals surface area contributed by atoms with Crippen LogP contribution in [-0.2, 0) is 16.6 Å². The smallest absolute Gasteiger partial charge is 0.243 e. The summed E-state index contributed by atoms with van der Waals surface area (Å²) in [4.78, 5) is 13.3. The van der Waals surface area contributed by atoms with Crippen molar-refractivity contribution in [3.05, 3.63) is 109 Å². The van der Waals surface area contributed by atoms with Crippen LogP contribution >= 0.6 is 0 Å². The van der Waals surface area contributed by atoms with Crippen LogP contribution in [0.2, 0.25) is 0 Å². The van der Waals surface area contributed by atoms with E-state index in [9.17, 15) is 12.8 Å². The first-order chi connectivity index (χ1) is 20.4. The van der Waals surface area contributed by atoms with Crippen LogP contribution in [0.3, 0.4) is 0 Å². The van der Waals surface area contributed by atoms with Crippen LogP contribution in [0.5, 0.6) is 0 Å². The summed E-state index contributed by atoms with van der Waals surface area (Å²) >= 11 is 0. The lowest BCUT2D eigenvalue weighted by Gasteiger charge is -2.31. The zero-order valence-electron chi connectivity index (χ0n) is 22.7. The third-order valence-corrected chi connectivity index (χ3v) is 9.15. The first-order valence-electron chi connectivity index (χ1n) is 13.7. The molecule has 0 radical (unpaired) electrons. The fourth-order valence-corrected chi connectivity index (χ4v) is 6.41. The van der Waals surface area contributed by atoms with E-state index in [1.807, 2.05) is 12.1 Å². The van der Waals surface area contributed by atoms with Gasteiger partial charge in [-0.3, -0.25) is 4.98 Å². The van der Waals surface area contributed by atoms with Gasteiger partial charge in [-0.25, -0.2) is 17.8 Å². The second-order valence-corrected chi connectivity index (χ2v) is 12.1. The highest BCUT2D eigenvalue weighted by Gasteiger charge is 2.29. The fourth-order valence-electron chi connectivity index (χ4n) is 4.94. The van der Waals surface area contributed by atoms with Crippen molar-refractivity contribution in [1.82, 2.24) is 24.6 Å². The van der Waals surface area contributed by atoms with Gasteiger partial charge in [-0.1, -0.05) is 18.2 Å². The number of hydrogen-bond acceptors (Lipinski definition) is 8. The van der Waals surface area contributed by atoms with Gasteiger partial charge in [0, 0.05) is 54.8 Å². The monoisotopic (exact) mass is 583 g/mol. The topological polar surface area (TPSA) is 112 Å². The van der Waals surface area contributed by atoms with Crippen LogP contribution in [0.1, 0.15) is 18.4 Å². The van der Waals surface area contributed by atoms with Crippen LogP contribution in [0.15, 0.2) is 102 Å². The van der Waals surface area contributed by atoms with Gasteiger partial charge in [-0.2, -0.15) is 9.29 Å². The Morgan fingerprint density at radius 1 is 0.833 bits per heavy atom. The maximum Gasteiger partial charge on any atom is 0.243 e. The molecule has 1 aliphatic rings. The number of halogens is 1. The molecule has 0 atom stereocenters. The molecule has 1 fully saturated rings. The maximum atomic E-state index is 13.3. The molecular weight excluding hydrogens is 553 g/mol. The molecule has 9 nitrogen and oxygen atoms in total. The predicted octanol–water partition coefficient (Wildman–Crippen LogP) is 5.59. The van der Waals surface area contributed by atoms with E-state index >= 15 is 0 Å². The van der Waals surface area contributed by atoms with Crippen molar-refractivity contribution < 1.29 is 12.8 Å². The van der Waals surface area contributed by atoms with Gasteiger partial charge in [-0.05, 0) is 85.1 Å². The molecule has 214 valence electrons. The summed E-state index contributed by atoms with van der Waals surface area (Å²) in [6.07, 6.45) is 4.87. The van der Waals surface area contributed by atoms with Gasteiger partial charge in [0.25, 0.3) is 0 Å². The zero-order valence-corrected chi connectivity index (χ0v) is 23.6. The second-order valence-electron chi connectivity index (χ2n) is 10.1. The number of nitrogens with one attached hydrogen (secondary N) is 3. The predicted molar refractivity (Wildman–Crippen MR) is 162 cm³/mol. The second kappa shape index (κ2) is 12.2. The van der Waals surface area contributed by atoms with Gasteiger partial charge in [0.15, 0.2) is 0 Å². The summed E-state index contributed by atoms with van der Waals surface area (Å²) in [6, 6.07) is 24.7. The van der Waals surface area contributed by atoms with Crippen LogP contribution in [-0.4, -0.2) is 46.8 Å². The minimum absolute atomic E-state index is 0.246. The summed E-state index contributed by atoms with van der Waals surface area (Å²) in [6.45, 7) is 1.63. The van der Waals surface area contributed by atoms with E-state index < -0.39 is 10.0 Å². The lowest BCUT2D eigenvalue weighted by atomic mass is 10.1. The first kappa shape index (κ1) is 27.7. The summed E-state index contributed by atoms with van der Waals surface area (Å²) < 4.78 is 41.4. The zero-order chi connectivity index (χ0) is 28.9. The maximum absolute atomic E-state index is 13.3. The van der Waals surface area contributed by atoms with E-state index in [2.05, 4.69) is 49.1 Å². The first-order valence-corrected chi connectivity index (χ1v) is 15.2. The molecule has 6 rings (SSSR count).